The van der Waals surface area contributed by atoms with Gasteiger partial charge in [-0.15, -0.1) is 11.3 Å². The summed E-state index contributed by atoms with van der Waals surface area (Å²) in [4.78, 5) is 18.4. The second kappa shape index (κ2) is 8.58. The molecule has 5 aromatic rings. The van der Waals surface area contributed by atoms with Gasteiger partial charge in [-0.1, -0.05) is 54.1 Å². The Balaban J connectivity index is 1.68. The number of aromatic nitrogens is 1. The number of ether oxygens (including phenoxy) is 1. The van der Waals surface area contributed by atoms with Crippen LogP contribution in [0.25, 0.3) is 31.6 Å². The van der Waals surface area contributed by atoms with Crippen LogP contribution in [0.2, 0.25) is 0 Å². The lowest BCUT2D eigenvalue weighted by Crippen LogP contribution is -2.07. The average molecular weight is 468 g/mol. The first-order valence-electron chi connectivity index (χ1n) is 11.2. The predicted molar refractivity (Wildman–Crippen MR) is 139 cm³/mol. The van der Waals surface area contributed by atoms with E-state index in [2.05, 4.69) is 19.1 Å². The van der Waals surface area contributed by atoms with Gasteiger partial charge in [0.25, 0.3) is 0 Å². The number of hydrogen-bond donors (Lipinski definition) is 1. The molecule has 3 aromatic carbocycles. The fourth-order valence-corrected chi connectivity index (χ4v) is 5.51. The van der Waals surface area contributed by atoms with E-state index in [0.717, 1.165) is 26.3 Å². The summed E-state index contributed by atoms with van der Waals surface area (Å²) in [5, 5.41) is 11.9. The van der Waals surface area contributed by atoms with Crippen LogP contribution in [-0.2, 0) is 0 Å². The number of pyridine rings is 1. The van der Waals surface area contributed by atoms with Crippen molar-refractivity contribution in [1.82, 2.24) is 4.98 Å². The number of carboxylic acid groups (broad SMARTS) is 1. The zero-order valence-corrected chi connectivity index (χ0v) is 20.4. The SMILES string of the molecule is Cc1ccc([C@@H](C)Oc2ccc(C)c3nc(-c4sc5ccccc5c4C)cc(C(=O)O)c23)cc1. The van der Waals surface area contributed by atoms with Crippen molar-refractivity contribution in [2.75, 3.05) is 0 Å². The smallest absolute Gasteiger partial charge is 0.336 e. The van der Waals surface area contributed by atoms with E-state index in [-0.39, 0.29) is 11.7 Å². The second-order valence-corrected chi connectivity index (χ2v) is 9.74. The molecule has 2 aromatic heterocycles. The highest BCUT2D eigenvalue weighted by Crippen LogP contribution is 2.40. The fraction of sp³-hybridized carbons (Fsp3) is 0.172. The van der Waals surface area contributed by atoms with Crippen LogP contribution >= 0.6 is 11.3 Å². The Kier molecular flexibility index (Phi) is 5.58. The monoisotopic (exact) mass is 467 g/mol. The van der Waals surface area contributed by atoms with Gasteiger partial charge >= 0.3 is 5.97 Å². The van der Waals surface area contributed by atoms with E-state index < -0.39 is 5.97 Å². The van der Waals surface area contributed by atoms with Crippen molar-refractivity contribution in [3.05, 3.63) is 94.5 Å². The zero-order valence-electron chi connectivity index (χ0n) is 19.5. The first-order chi connectivity index (χ1) is 16.3. The van der Waals surface area contributed by atoms with Crippen molar-refractivity contribution in [3.63, 3.8) is 0 Å². The van der Waals surface area contributed by atoms with Crippen LogP contribution in [0.1, 0.15) is 45.6 Å². The number of fused-ring (bicyclic) bond motifs is 2. The second-order valence-electron chi connectivity index (χ2n) is 8.69. The molecule has 170 valence electrons. The highest BCUT2D eigenvalue weighted by atomic mass is 32.1. The minimum absolute atomic E-state index is 0.201. The zero-order chi connectivity index (χ0) is 24.0. The molecule has 0 fully saturated rings. The Morgan fingerprint density at radius 1 is 1.00 bits per heavy atom. The molecule has 0 radical (unpaired) electrons. The lowest BCUT2D eigenvalue weighted by molar-refractivity contribution is 0.0698. The molecule has 1 atom stereocenters. The maximum atomic E-state index is 12.4. The number of hydrogen-bond acceptors (Lipinski definition) is 4. The van der Waals surface area contributed by atoms with E-state index in [1.165, 1.54) is 10.9 Å². The Morgan fingerprint density at radius 3 is 2.44 bits per heavy atom. The summed E-state index contributed by atoms with van der Waals surface area (Å²) in [7, 11) is 0. The molecule has 0 aliphatic heterocycles. The van der Waals surface area contributed by atoms with Crippen molar-refractivity contribution in [3.8, 4) is 16.3 Å². The van der Waals surface area contributed by atoms with Crippen LogP contribution < -0.4 is 4.74 Å². The molecule has 0 aliphatic rings. The van der Waals surface area contributed by atoms with Crippen LogP contribution in [0, 0.1) is 20.8 Å². The molecule has 5 rings (SSSR count). The van der Waals surface area contributed by atoms with Gasteiger partial charge in [-0.25, -0.2) is 9.78 Å². The topological polar surface area (TPSA) is 59.4 Å². The van der Waals surface area contributed by atoms with Gasteiger partial charge in [-0.3, -0.25) is 0 Å². The lowest BCUT2D eigenvalue weighted by Gasteiger charge is -2.19. The summed E-state index contributed by atoms with van der Waals surface area (Å²) in [5.41, 5.74) is 5.76. The molecule has 1 N–H and O–H groups in total. The number of thiophene rings is 1. The third kappa shape index (κ3) is 3.82. The molecule has 0 aliphatic carbocycles. The van der Waals surface area contributed by atoms with Crippen molar-refractivity contribution >= 4 is 38.3 Å². The highest BCUT2D eigenvalue weighted by molar-refractivity contribution is 7.22. The Labute approximate surface area is 202 Å². The Morgan fingerprint density at radius 2 is 1.74 bits per heavy atom. The average Bonchev–Trinajstić information content (AvgIpc) is 3.17. The van der Waals surface area contributed by atoms with Crippen LogP contribution in [0.4, 0.5) is 0 Å². The van der Waals surface area contributed by atoms with Gasteiger partial charge in [0.05, 0.1) is 27.0 Å². The molecule has 0 bridgehead atoms. The number of carbonyl (C=O) groups is 1. The first-order valence-corrected chi connectivity index (χ1v) is 12.0. The highest BCUT2D eigenvalue weighted by Gasteiger charge is 2.21. The van der Waals surface area contributed by atoms with Gasteiger partial charge in [0.15, 0.2) is 0 Å². The molecular weight excluding hydrogens is 442 g/mol. The predicted octanol–water partition coefficient (Wildman–Crippen LogP) is 7.88. The fourth-order valence-electron chi connectivity index (χ4n) is 4.34. The van der Waals surface area contributed by atoms with Gasteiger partial charge in [-0.2, -0.15) is 0 Å². The molecular formula is C29H25NO3S. The molecule has 2 heterocycles. The maximum Gasteiger partial charge on any atom is 0.336 e. The number of benzene rings is 3. The Bertz CT molecular complexity index is 1550. The maximum absolute atomic E-state index is 12.4. The van der Waals surface area contributed by atoms with Crippen molar-refractivity contribution in [2.24, 2.45) is 0 Å². The van der Waals surface area contributed by atoms with Gasteiger partial charge in [0.2, 0.25) is 0 Å². The van der Waals surface area contributed by atoms with Gasteiger partial charge in [0, 0.05) is 4.70 Å². The summed E-state index contributed by atoms with van der Waals surface area (Å²) >= 11 is 1.64. The third-order valence-corrected chi connectivity index (χ3v) is 7.58. The number of aromatic carboxylic acids is 1. The molecule has 0 unspecified atom stereocenters. The number of carboxylic acids is 1. The minimum atomic E-state index is -0.995. The molecule has 0 spiro atoms. The lowest BCUT2D eigenvalue weighted by atomic mass is 10.0. The first kappa shape index (κ1) is 22.1. The summed E-state index contributed by atoms with van der Waals surface area (Å²) in [5.74, 6) is -0.468. The molecule has 0 saturated carbocycles. The van der Waals surface area contributed by atoms with E-state index in [4.69, 9.17) is 9.72 Å². The normalized spacial score (nSPS) is 12.2. The van der Waals surface area contributed by atoms with Gasteiger partial charge in [0.1, 0.15) is 11.9 Å². The van der Waals surface area contributed by atoms with Crippen molar-refractivity contribution in [1.29, 1.82) is 0 Å². The van der Waals surface area contributed by atoms with Crippen molar-refractivity contribution in [2.45, 2.75) is 33.8 Å². The summed E-state index contributed by atoms with van der Waals surface area (Å²) in [6.45, 7) is 8.04. The number of nitrogens with zero attached hydrogens (tertiary/aromatic N) is 1. The van der Waals surface area contributed by atoms with Gasteiger partial charge in [-0.05, 0) is 68.0 Å². The van der Waals surface area contributed by atoms with E-state index in [9.17, 15) is 9.90 Å². The Hall–Kier alpha value is -3.70. The van der Waals surface area contributed by atoms with E-state index in [1.54, 1.807) is 17.4 Å². The molecule has 34 heavy (non-hydrogen) atoms. The van der Waals surface area contributed by atoms with Gasteiger partial charge < -0.3 is 9.84 Å². The standard InChI is InChI=1S/C29H25NO3S/c1-16-9-12-20(13-10-16)19(4)33-24-14-11-17(2)27-26(24)22(29(31)32)15-23(30-27)28-18(3)21-7-5-6-8-25(21)34-28/h5-15,19H,1-4H3,(H,31,32)/t19-/m1/s1. The summed E-state index contributed by atoms with van der Waals surface area (Å²) < 4.78 is 7.48. The van der Waals surface area contributed by atoms with E-state index in [0.29, 0.717) is 22.3 Å². The molecule has 0 saturated heterocycles. The largest absolute Gasteiger partial charge is 0.485 e. The summed E-state index contributed by atoms with van der Waals surface area (Å²) in [6, 6.07) is 21.9. The number of aryl methyl sites for hydroxylation is 3. The molecule has 4 nitrogen and oxygen atoms in total. The quantitative estimate of drug-likeness (QED) is 0.286. The van der Waals surface area contributed by atoms with Crippen LogP contribution in [0.3, 0.4) is 0 Å². The van der Waals surface area contributed by atoms with Crippen LogP contribution in [-0.4, -0.2) is 16.1 Å². The summed E-state index contributed by atoms with van der Waals surface area (Å²) in [6.07, 6.45) is -0.238. The van der Waals surface area contributed by atoms with Crippen LogP contribution in [0.15, 0.2) is 66.7 Å². The minimum Gasteiger partial charge on any atom is -0.485 e. The molecule has 5 heteroatoms. The third-order valence-electron chi connectivity index (χ3n) is 6.28. The van der Waals surface area contributed by atoms with E-state index >= 15 is 0 Å². The number of rotatable bonds is 5. The molecule has 0 amide bonds. The van der Waals surface area contributed by atoms with E-state index in [1.807, 2.05) is 69.3 Å². The van der Waals surface area contributed by atoms with Crippen molar-refractivity contribution < 1.29 is 14.6 Å². The van der Waals surface area contributed by atoms with Crippen LogP contribution in [0.5, 0.6) is 5.75 Å².